The molecular weight excluding hydrogens is 326 g/mol. The maximum Gasteiger partial charge on any atom is 0.226 e. The highest BCUT2D eigenvalue weighted by Gasteiger charge is 2.19. The molecule has 1 aliphatic heterocycles. The summed E-state index contributed by atoms with van der Waals surface area (Å²) in [5, 5.41) is 12.5. The molecule has 3 rings (SSSR count). The van der Waals surface area contributed by atoms with E-state index in [1.165, 1.54) is 6.92 Å². The van der Waals surface area contributed by atoms with Crippen LogP contribution in [0.5, 0.6) is 0 Å². The highest BCUT2D eigenvalue weighted by molar-refractivity contribution is 5.95. The number of carbonyl (C=O) groups excluding carboxylic acids is 2. The Kier molecular flexibility index (Phi) is 5.33. The van der Waals surface area contributed by atoms with E-state index in [0.717, 1.165) is 30.6 Å². The van der Waals surface area contributed by atoms with E-state index in [2.05, 4.69) is 11.4 Å². The van der Waals surface area contributed by atoms with Crippen LogP contribution < -0.4 is 10.2 Å². The summed E-state index contributed by atoms with van der Waals surface area (Å²) in [6.07, 6.45) is 2.63. The molecule has 0 aliphatic carbocycles. The Morgan fingerprint density at radius 2 is 1.96 bits per heavy atom. The van der Waals surface area contributed by atoms with Crippen molar-refractivity contribution in [2.45, 2.75) is 32.7 Å². The Morgan fingerprint density at radius 1 is 1.19 bits per heavy atom. The Labute approximate surface area is 153 Å². The van der Waals surface area contributed by atoms with Crippen LogP contribution in [-0.2, 0) is 11.3 Å². The quantitative estimate of drug-likeness (QED) is 0.833. The van der Waals surface area contributed by atoms with Crippen LogP contribution in [0.15, 0.2) is 42.5 Å². The zero-order valence-electron chi connectivity index (χ0n) is 14.8. The number of hydrogen-bond donors (Lipinski definition) is 1. The molecule has 1 aliphatic rings. The molecule has 0 aromatic heterocycles. The van der Waals surface area contributed by atoms with Crippen LogP contribution in [0.2, 0.25) is 0 Å². The first-order valence-electron chi connectivity index (χ1n) is 8.77. The average molecular weight is 347 g/mol. The zero-order chi connectivity index (χ0) is 18.5. The van der Waals surface area contributed by atoms with E-state index in [-0.39, 0.29) is 11.7 Å². The Balaban J connectivity index is 1.70. The summed E-state index contributed by atoms with van der Waals surface area (Å²) >= 11 is 0. The van der Waals surface area contributed by atoms with Gasteiger partial charge in [-0.25, -0.2) is 0 Å². The van der Waals surface area contributed by atoms with Crippen LogP contribution in [-0.4, -0.2) is 18.2 Å². The fourth-order valence-corrected chi connectivity index (χ4v) is 3.08. The van der Waals surface area contributed by atoms with Crippen LogP contribution in [0.25, 0.3) is 0 Å². The van der Waals surface area contributed by atoms with E-state index >= 15 is 0 Å². The van der Waals surface area contributed by atoms with Gasteiger partial charge in [-0.05, 0) is 55.7 Å². The first-order chi connectivity index (χ1) is 12.6. The number of nitrogens with one attached hydrogen (secondary N) is 1. The molecule has 0 saturated carbocycles. The summed E-state index contributed by atoms with van der Waals surface area (Å²) in [7, 11) is 0. The molecule has 1 N–H and O–H groups in total. The number of hydrogen-bond acceptors (Lipinski definition) is 4. The van der Waals surface area contributed by atoms with Crippen LogP contribution in [0.3, 0.4) is 0 Å². The standard InChI is InChI=1S/C21H21N3O2/c1-15(25)17-7-8-18(13-22)20(12-17)23-14-16-5-9-19(10-6-16)24-11-3-2-4-21(24)26/h5-10,12,23H,2-4,11,14H2,1H3. The molecule has 26 heavy (non-hydrogen) atoms. The van der Waals surface area contributed by atoms with E-state index in [9.17, 15) is 14.9 Å². The molecule has 0 bridgehead atoms. The highest BCUT2D eigenvalue weighted by Crippen LogP contribution is 2.22. The molecule has 0 radical (unpaired) electrons. The lowest BCUT2D eigenvalue weighted by molar-refractivity contribution is -0.119. The molecule has 0 spiro atoms. The molecular formula is C21H21N3O2. The number of anilines is 2. The number of nitriles is 1. The molecule has 0 unspecified atom stereocenters. The third-order valence-electron chi connectivity index (χ3n) is 4.60. The minimum absolute atomic E-state index is 0.0342. The summed E-state index contributed by atoms with van der Waals surface area (Å²) in [4.78, 5) is 25.4. The minimum atomic E-state index is -0.0342. The van der Waals surface area contributed by atoms with Crippen molar-refractivity contribution >= 4 is 23.1 Å². The lowest BCUT2D eigenvalue weighted by Gasteiger charge is -2.26. The Bertz CT molecular complexity index is 866. The van der Waals surface area contributed by atoms with Gasteiger partial charge in [0.2, 0.25) is 5.91 Å². The zero-order valence-corrected chi connectivity index (χ0v) is 14.8. The molecule has 2 aromatic carbocycles. The van der Waals surface area contributed by atoms with E-state index in [1.807, 2.05) is 29.2 Å². The average Bonchev–Trinajstić information content (AvgIpc) is 2.67. The summed E-state index contributed by atoms with van der Waals surface area (Å²) in [6, 6.07) is 15.0. The molecule has 5 heteroatoms. The van der Waals surface area contributed by atoms with Crippen molar-refractivity contribution in [2.75, 3.05) is 16.8 Å². The van der Waals surface area contributed by atoms with Crippen molar-refractivity contribution in [3.63, 3.8) is 0 Å². The molecule has 2 aromatic rings. The predicted octanol–water partition coefficient (Wildman–Crippen LogP) is 3.89. The monoisotopic (exact) mass is 347 g/mol. The van der Waals surface area contributed by atoms with E-state index in [0.29, 0.717) is 29.8 Å². The number of carbonyl (C=O) groups is 2. The van der Waals surface area contributed by atoms with Gasteiger partial charge in [-0.2, -0.15) is 5.26 Å². The maximum atomic E-state index is 12.0. The van der Waals surface area contributed by atoms with Crippen molar-refractivity contribution in [1.82, 2.24) is 0 Å². The minimum Gasteiger partial charge on any atom is -0.380 e. The second kappa shape index (κ2) is 7.83. The molecule has 0 atom stereocenters. The van der Waals surface area contributed by atoms with Gasteiger partial charge in [0.1, 0.15) is 6.07 Å². The van der Waals surface area contributed by atoms with Crippen molar-refractivity contribution in [1.29, 1.82) is 5.26 Å². The Hall–Kier alpha value is -3.13. The number of Topliss-reactive ketones (excluding diaryl/α,β-unsaturated/α-hetero) is 1. The van der Waals surface area contributed by atoms with E-state index in [1.54, 1.807) is 18.2 Å². The molecule has 1 heterocycles. The van der Waals surface area contributed by atoms with Gasteiger partial charge in [-0.15, -0.1) is 0 Å². The molecule has 5 nitrogen and oxygen atoms in total. The van der Waals surface area contributed by atoms with Crippen molar-refractivity contribution < 1.29 is 9.59 Å². The molecule has 1 saturated heterocycles. The van der Waals surface area contributed by atoms with E-state index in [4.69, 9.17) is 0 Å². The molecule has 1 fully saturated rings. The molecule has 1 amide bonds. The van der Waals surface area contributed by atoms with Gasteiger partial charge in [-0.1, -0.05) is 12.1 Å². The summed E-state index contributed by atoms with van der Waals surface area (Å²) in [5.74, 6) is 0.148. The van der Waals surface area contributed by atoms with Crippen LogP contribution in [0, 0.1) is 11.3 Å². The van der Waals surface area contributed by atoms with Gasteiger partial charge in [0.05, 0.1) is 11.3 Å². The topological polar surface area (TPSA) is 73.2 Å². The number of amides is 1. The smallest absolute Gasteiger partial charge is 0.226 e. The van der Waals surface area contributed by atoms with Crippen LogP contribution in [0.1, 0.15) is 47.7 Å². The number of piperidine rings is 1. The maximum absolute atomic E-state index is 12.0. The van der Waals surface area contributed by atoms with E-state index < -0.39 is 0 Å². The van der Waals surface area contributed by atoms with Crippen molar-refractivity contribution in [3.8, 4) is 6.07 Å². The lowest BCUT2D eigenvalue weighted by Crippen LogP contribution is -2.35. The first kappa shape index (κ1) is 17.7. The van der Waals surface area contributed by atoms with Gasteiger partial charge in [-0.3, -0.25) is 9.59 Å². The summed E-state index contributed by atoms with van der Waals surface area (Å²) in [5.41, 5.74) is 3.69. The third-order valence-corrected chi connectivity index (χ3v) is 4.60. The molecule has 132 valence electrons. The summed E-state index contributed by atoms with van der Waals surface area (Å²) < 4.78 is 0. The fourth-order valence-electron chi connectivity index (χ4n) is 3.08. The van der Waals surface area contributed by atoms with Crippen LogP contribution in [0.4, 0.5) is 11.4 Å². The van der Waals surface area contributed by atoms with Crippen molar-refractivity contribution in [2.24, 2.45) is 0 Å². The number of ketones is 1. The highest BCUT2D eigenvalue weighted by atomic mass is 16.2. The second-order valence-electron chi connectivity index (χ2n) is 6.45. The number of rotatable bonds is 5. The number of nitrogens with zero attached hydrogens (tertiary/aromatic N) is 2. The fraction of sp³-hybridized carbons (Fsp3) is 0.286. The first-order valence-corrected chi connectivity index (χ1v) is 8.77. The SMILES string of the molecule is CC(=O)c1ccc(C#N)c(NCc2ccc(N3CCCCC3=O)cc2)c1. The van der Waals surface area contributed by atoms with Gasteiger partial charge < -0.3 is 10.2 Å². The summed E-state index contributed by atoms with van der Waals surface area (Å²) in [6.45, 7) is 2.82. The normalized spacial score (nSPS) is 14.0. The predicted molar refractivity (Wildman–Crippen MR) is 101 cm³/mol. The lowest BCUT2D eigenvalue weighted by atomic mass is 10.1. The van der Waals surface area contributed by atoms with Gasteiger partial charge in [0.15, 0.2) is 5.78 Å². The van der Waals surface area contributed by atoms with Gasteiger partial charge in [0, 0.05) is 30.8 Å². The van der Waals surface area contributed by atoms with Gasteiger partial charge >= 0.3 is 0 Å². The largest absolute Gasteiger partial charge is 0.380 e. The third kappa shape index (κ3) is 3.92. The van der Waals surface area contributed by atoms with Gasteiger partial charge in [0.25, 0.3) is 0 Å². The second-order valence-corrected chi connectivity index (χ2v) is 6.45. The Morgan fingerprint density at radius 3 is 2.62 bits per heavy atom. The van der Waals surface area contributed by atoms with Crippen LogP contribution >= 0.6 is 0 Å². The number of benzene rings is 2. The van der Waals surface area contributed by atoms with Crippen molar-refractivity contribution in [3.05, 3.63) is 59.2 Å².